The Kier molecular flexibility index (Phi) is 6.94. The van der Waals surface area contributed by atoms with Gasteiger partial charge in [-0.25, -0.2) is 0 Å². The van der Waals surface area contributed by atoms with Gasteiger partial charge in [0.15, 0.2) is 0 Å². The zero-order valence-corrected chi connectivity index (χ0v) is 14.9. The Morgan fingerprint density at radius 3 is 2.58 bits per heavy atom. The van der Waals surface area contributed by atoms with E-state index in [9.17, 15) is 19.7 Å². The Bertz CT molecular complexity index is 842. The zero-order chi connectivity index (χ0) is 19.1. The first-order valence-electron chi connectivity index (χ1n) is 7.49. The Hall–Kier alpha value is -2.64. The summed E-state index contributed by atoms with van der Waals surface area (Å²) in [5.74, 6) is -1.01. The van der Waals surface area contributed by atoms with Crippen LogP contribution in [0.3, 0.4) is 0 Å². The first kappa shape index (κ1) is 19.7. The number of nitro groups is 1. The van der Waals surface area contributed by atoms with Gasteiger partial charge in [0.1, 0.15) is 6.61 Å². The van der Waals surface area contributed by atoms with E-state index in [1.807, 2.05) is 0 Å². The molecule has 0 spiro atoms. The molecule has 0 unspecified atom stereocenters. The van der Waals surface area contributed by atoms with E-state index in [0.717, 1.165) is 0 Å². The molecule has 9 heteroatoms. The number of halogens is 2. The molecule has 0 aliphatic heterocycles. The lowest BCUT2D eigenvalue weighted by Gasteiger charge is -2.08. The molecular formula is C17H14Cl2N2O5. The van der Waals surface area contributed by atoms with Crippen LogP contribution in [-0.4, -0.2) is 16.8 Å². The number of non-ortho nitro benzene ring substituents is 1. The summed E-state index contributed by atoms with van der Waals surface area (Å²) in [4.78, 5) is 33.8. The van der Waals surface area contributed by atoms with Gasteiger partial charge in [0, 0.05) is 18.6 Å². The summed E-state index contributed by atoms with van der Waals surface area (Å²) in [6.45, 7) is -0.109. The highest BCUT2D eigenvalue weighted by Gasteiger charge is 2.12. The summed E-state index contributed by atoms with van der Waals surface area (Å²) in [5.41, 5.74) is 0.758. The first-order valence-corrected chi connectivity index (χ1v) is 8.25. The average Bonchev–Trinajstić information content (AvgIpc) is 2.62. The highest BCUT2D eigenvalue weighted by molar-refractivity contribution is 6.43. The summed E-state index contributed by atoms with van der Waals surface area (Å²) >= 11 is 11.8. The van der Waals surface area contributed by atoms with Crippen LogP contribution in [0.1, 0.15) is 18.4 Å². The van der Waals surface area contributed by atoms with Crippen LogP contribution in [0.4, 0.5) is 11.4 Å². The van der Waals surface area contributed by atoms with E-state index in [4.69, 9.17) is 27.9 Å². The lowest BCUT2D eigenvalue weighted by atomic mass is 10.2. The number of esters is 1. The van der Waals surface area contributed by atoms with E-state index in [1.165, 1.54) is 18.2 Å². The van der Waals surface area contributed by atoms with E-state index in [2.05, 4.69) is 5.32 Å². The van der Waals surface area contributed by atoms with Gasteiger partial charge in [0.25, 0.3) is 5.69 Å². The average molecular weight is 397 g/mol. The monoisotopic (exact) mass is 396 g/mol. The van der Waals surface area contributed by atoms with Crippen molar-refractivity contribution in [2.24, 2.45) is 0 Å². The Morgan fingerprint density at radius 2 is 1.85 bits per heavy atom. The van der Waals surface area contributed by atoms with Crippen LogP contribution < -0.4 is 5.32 Å². The summed E-state index contributed by atoms with van der Waals surface area (Å²) < 4.78 is 5.02. The molecule has 0 radical (unpaired) electrons. The van der Waals surface area contributed by atoms with E-state index >= 15 is 0 Å². The lowest BCUT2D eigenvalue weighted by Crippen LogP contribution is -2.15. The van der Waals surface area contributed by atoms with Crippen molar-refractivity contribution in [2.75, 3.05) is 5.32 Å². The summed E-state index contributed by atoms with van der Waals surface area (Å²) in [6, 6.07) is 10.6. The third-order valence-corrected chi connectivity index (χ3v) is 4.12. The van der Waals surface area contributed by atoms with Crippen LogP contribution in [0.5, 0.6) is 0 Å². The van der Waals surface area contributed by atoms with E-state index < -0.39 is 16.8 Å². The Morgan fingerprint density at radius 1 is 1.12 bits per heavy atom. The molecule has 0 heterocycles. The van der Waals surface area contributed by atoms with Crippen molar-refractivity contribution in [3.63, 3.8) is 0 Å². The quantitative estimate of drug-likeness (QED) is 0.425. The fourth-order valence-electron chi connectivity index (χ4n) is 2.02. The maximum absolute atomic E-state index is 11.9. The van der Waals surface area contributed by atoms with Crippen LogP contribution in [0.2, 0.25) is 10.0 Å². The Balaban J connectivity index is 1.79. The molecule has 0 saturated heterocycles. The number of anilines is 1. The first-order chi connectivity index (χ1) is 12.4. The van der Waals surface area contributed by atoms with Gasteiger partial charge in [0.05, 0.1) is 27.1 Å². The fourth-order valence-corrected chi connectivity index (χ4v) is 2.37. The minimum absolute atomic E-state index is 0.0867. The standard InChI is InChI=1S/C17H14Cl2N2O5/c18-13-5-2-6-14(17(13)19)20-15(22)7-8-16(23)26-10-11-3-1-4-12(9-11)21(24)25/h1-6,9H,7-8,10H2,(H,20,22). The number of carbonyl (C=O) groups excluding carboxylic acids is 2. The van der Waals surface area contributed by atoms with Crippen LogP contribution >= 0.6 is 23.2 Å². The lowest BCUT2D eigenvalue weighted by molar-refractivity contribution is -0.384. The number of nitro benzene ring substituents is 1. The second kappa shape index (κ2) is 9.17. The number of hydrogen-bond acceptors (Lipinski definition) is 5. The van der Waals surface area contributed by atoms with Gasteiger partial charge in [-0.05, 0) is 17.7 Å². The summed E-state index contributed by atoms with van der Waals surface area (Å²) in [6.07, 6.45) is -0.241. The van der Waals surface area contributed by atoms with Gasteiger partial charge >= 0.3 is 5.97 Å². The van der Waals surface area contributed by atoms with Crippen molar-refractivity contribution in [1.82, 2.24) is 0 Å². The molecule has 2 rings (SSSR count). The number of carbonyl (C=O) groups is 2. The predicted octanol–water partition coefficient (Wildman–Crippen LogP) is 4.36. The van der Waals surface area contributed by atoms with Gasteiger partial charge in [-0.3, -0.25) is 19.7 Å². The van der Waals surface area contributed by atoms with Gasteiger partial charge in [0.2, 0.25) is 5.91 Å². The SMILES string of the molecule is O=C(CCC(=O)OCc1cccc([N+](=O)[O-])c1)Nc1cccc(Cl)c1Cl. The number of nitrogens with one attached hydrogen (secondary N) is 1. The molecule has 1 amide bonds. The van der Waals surface area contributed by atoms with Crippen molar-refractivity contribution in [1.29, 1.82) is 0 Å². The van der Waals surface area contributed by atoms with Gasteiger partial charge in [-0.1, -0.05) is 41.4 Å². The second-order valence-electron chi connectivity index (χ2n) is 5.24. The van der Waals surface area contributed by atoms with Gasteiger partial charge < -0.3 is 10.1 Å². The highest BCUT2D eigenvalue weighted by atomic mass is 35.5. The minimum atomic E-state index is -0.594. The normalized spacial score (nSPS) is 10.2. The molecular weight excluding hydrogens is 383 g/mol. The summed E-state index contributed by atoms with van der Waals surface area (Å²) in [5, 5.41) is 13.8. The third kappa shape index (κ3) is 5.72. The number of benzene rings is 2. The van der Waals surface area contributed by atoms with Crippen molar-refractivity contribution < 1.29 is 19.2 Å². The molecule has 7 nitrogen and oxygen atoms in total. The third-order valence-electron chi connectivity index (χ3n) is 3.30. The van der Waals surface area contributed by atoms with Crippen LogP contribution in [0.15, 0.2) is 42.5 Å². The topological polar surface area (TPSA) is 98.5 Å². The molecule has 2 aromatic rings. The van der Waals surface area contributed by atoms with Crippen LogP contribution in [-0.2, 0) is 20.9 Å². The molecule has 0 aliphatic rings. The van der Waals surface area contributed by atoms with Gasteiger partial charge in [-0.2, -0.15) is 0 Å². The molecule has 0 bridgehead atoms. The van der Waals surface area contributed by atoms with Crippen molar-refractivity contribution in [3.05, 3.63) is 68.2 Å². The fraction of sp³-hybridized carbons (Fsp3) is 0.176. The molecule has 0 aliphatic carbocycles. The highest BCUT2D eigenvalue weighted by Crippen LogP contribution is 2.29. The number of rotatable bonds is 7. The largest absolute Gasteiger partial charge is 0.461 e. The smallest absolute Gasteiger partial charge is 0.306 e. The van der Waals surface area contributed by atoms with Gasteiger partial charge in [-0.15, -0.1) is 0 Å². The number of ether oxygens (including phenoxy) is 1. The summed E-state index contributed by atoms with van der Waals surface area (Å²) in [7, 11) is 0. The number of nitrogens with zero attached hydrogens (tertiary/aromatic N) is 1. The molecule has 1 N–H and O–H groups in total. The molecule has 0 atom stereocenters. The van der Waals surface area contributed by atoms with Crippen LogP contribution in [0.25, 0.3) is 0 Å². The molecule has 0 aromatic heterocycles. The number of hydrogen-bond donors (Lipinski definition) is 1. The van der Waals surface area contributed by atoms with Crippen LogP contribution in [0, 0.1) is 10.1 Å². The second-order valence-corrected chi connectivity index (χ2v) is 6.02. The number of amides is 1. The van der Waals surface area contributed by atoms with Crippen molar-refractivity contribution in [3.8, 4) is 0 Å². The zero-order valence-electron chi connectivity index (χ0n) is 13.4. The molecule has 2 aromatic carbocycles. The molecule has 0 saturated carbocycles. The molecule has 26 heavy (non-hydrogen) atoms. The van der Waals surface area contributed by atoms with E-state index in [1.54, 1.807) is 24.3 Å². The van der Waals surface area contributed by atoms with Crippen molar-refractivity contribution >= 4 is 46.5 Å². The van der Waals surface area contributed by atoms with E-state index in [0.29, 0.717) is 16.3 Å². The maximum atomic E-state index is 11.9. The Labute approximate surface area is 159 Å². The predicted molar refractivity (Wildman–Crippen MR) is 97.2 cm³/mol. The molecule has 0 fully saturated rings. The maximum Gasteiger partial charge on any atom is 0.306 e. The minimum Gasteiger partial charge on any atom is -0.461 e. The van der Waals surface area contributed by atoms with Crippen molar-refractivity contribution in [2.45, 2.75) is 19.4 Å². The van der Waals surface area contributed by atoms with E-state index in [-0.39, 0.29) is 30.2 Å². The molecule has 136 valence electrons.